The third-order valence-electron chi connectivity index (χ3n) is 8.98. The van der Waals surface area contributed by atoms with Gasteiger partial charge in [-0.25, -0.2) is 0 Å². The van der Waals surface area contributed by atoms with Crippen LogP contribution in [0.25, 0.3) is 0 Å². The molecule has 0 radical (unpaired) electrons. The van der Waals surface area contributed by atoms with E-state index in [2.05, 4.69) is 13.8 Å². The molecule has 8 N–H and O–H groups in total. The summed E-state index contributed by atoms with van der Waals surface area (Å²) in [6.07, 6.45) is 10.7. The van der Waals surface area contributed by atoms with E-state index in [0.717, 1.165) is 44.9 Å². The number of hydrogen-bond acceptors (Lipinski definition) is 10. The fraction of sp³-hybridized carbons (Fsp3) is 0.941. The number of rotatable bonds is 27. The highest BCUT2D eigenvalue weighted by Crippen LogP contribution is 2.37. The lowest BCUT2D eigenvalue weighted by molar-refractivity contribution is -0.376. The van der Waals surface area contributed by atoms with Gasteiger partial charge in [-0.2, -0.15) is 0 Å². The zero-order valence-corrected chi connectivity index (χ0v) is 28.0. The van der Waals surface area contributed by atoms with E-state index < -0.39 is 73.2 Å². The van der Waals surface area contributed by atoms with Gasteiger partial charge in [0.15, 0.2) is 5.78 Å². The van der Waals surface area contributed by atoms with Crippen molar-refractivity contribution in [3.05, 3.63) is 0 Å². The fourth-order valence-electron chi connectivity index (χ4n) is 6.03. The average molecular weight is 648 g/mol. The van der Waals surface area contributed by atoms with E-state index in [1.165, 1.54) is 57.8 Å². The minimum Gasteiger partial charge on any atom is -0.394 e. The second-order valence-corrected chi connectivity index (χ2v) is 13.1. The molecule has 0 aromatic carbocycles. The van der Waals surface area contributed by atoms with E-state index in [4.69, 9.17) is 4.74 Å². The number of aliphatic hydroxyl groups is 7. The first kappa shape index (κ1) is 41.8. The summed E-state index contributed by atoms with van der Waals surface area (Å²) in [5.74, 6) is -5.50. The van der Waals surface area contributed by atoms with Gasteiger partial charge in [0.05, 0.1) is 25.2 Å². The number of aliphatic hydroxyl groups excluding tert-OH is 5. The van der Waals surface area contributed by atoms with Crippen LogP contribution in [0.4, 0.5) is 0 Å². The molecule has 1 heterocycles. The Bertz CT molecular complexity index is 801. The number of ether oxygens (including phenoxy) is 1. The predicted octanol–water partition coefficient (Wildman–Crippen LogP) is 3.51. The van der Waals surface area contributed by atoms with Gasteiger partial charge in [0.2, 0.25) is 11.6 Å². The molecule has 0 saturated carbocycles. The summed E-state index contributed by atoms with van der Waals surface area (Å²) in [6.45, 7) is 3.45. The van der Waals surface area contributed by atoms with Crippen LogP contribution in [-0.4, -0.2) is 96.1 Å². The van der Waals surface area contributed by atoms with Crippen molar-refractivity contribution in [2.75, 3.05) is 6.61 Å². The van der Waals surface area contributed by atoms with E-state index >= 15 is 0 Å². The van der Waals surface area contributed by atoms with Crippen molar-refractivity contribution >= 4 is 11.7 Å². The number of hydrogen-bond donors (Lipinski definition) is 8. The average Bonchev–Trinajstić information content (AvgIpc) is 3.00. The van der Waals surface area contributed by atoms with E-state index in [1.807, 2.05) is 5.32 Å². The summed E-state index contributed by atoms with van der Waals surface area (Å²) in [5, 5.41) is 76.3. The molecule has 0 aromatic heterocycles. The maximum Gasteiger partial charge on any atom is 0.279 e. The number of Topliss-reactive ketones (excluding diaryl/α,β-unsaturated/α-hetero) is 1. The fourth-order valence-corrected chi connectivity index (χ4v) is 6.03. The summed E-state index contributed by atoms with van der Waals surface area (Å²) in [4.78, 5) is 26.1. The molecule has 266 valence electrons. The molecule has 1 fully saturated rings. The summed E-state index contributed by atoms with van der Waals surface area (Å²) < 4.78 is 5.23. The largest absolute Gasteiger partial charge is 0.394 e. The number of amides is 1. The van der Waals surface area contributed by atoms with Gasteiger partial charge in [0.1, 0.15) is 18.3 Å². The lowest BCUT2D eigenvalue weighted by atomic mass is 9.82. The van der Waals surface area contributed by atoms with E-state index in [-0.39, 0.29) is 6.42 Å². The topological polar surface area (TPSA) is 197 Å². The Morgan fingerprint density at radius 1 is 0.689 bits per heavy atom. The Morgan fingerprint density at radius 2 is 1.09 bits per heavy atom. The zero-order chi connectivity index (χ0) is 33.7. The number of carbonyl (C=O) groups is 2. The van der Waals surface area contributed by atoms with Crippen LogP contribution >= 0.6 is 0 Å². The van der Waals surface area contributed by atoms with Gasteiger partial charge in [-0.15, -0.1) is 0 Å². The van der Waals surface area contributed by atoms with Crippen LogP contribution in [0, 0.1) is 0 Å². The molecular formula is C34H65NO10. The normalized spacial score (nSPS) is 26.5. The maximum atomic E-state index is 13.3. The van der Waals surface area contributed by atoms with Crippen LogP contribution < -0.4 is 5.32 Å². The third-order valence-corrected chi connectivity index (χ3v) is 8.98. The molecule has 11 nitrogen and oxygen atoms in total. The van der Waals surface area contributed by atoms with Gasteiger partial charge in [-0.05, 0) is 12.8 Å². The van der Waals surface area contributed by atoms with Gasteiger partial charge in [-0.3, -0.25) is 9.59 Å². The molecule has 1 rings (SSSR count). The summed E-state index contributed by atoms with van der Waals surface area (Å²) >= 11 is 0. The molecule has 45 heavy (non-hydrogen) atoms. The quantitative estimate of drug-likeness (QED) is 0.0483. The molecule has 0 aromatic rings. The predicted molar refractivity (Wildman–Crippen MR) is 172 cm³/mol. The van der Waals surface area contributed by atoms with Gasteiger partial charge >= 0.3 is 0 Å². The van der Waals surface area contributed by atoms with Crippen LogP contribution in [-0.2, 0) is 14.3 Å². The number of ketones is 1. The van der Waals surface area contributed by atoms with Crippen molar-refractivity contribution in [1.29, 1.82) is 0 Å². The van der Waals surface area contributed by atoms with Crippen molar-refractivity contribution in [3.63, 3.8) is 0 Å². The number of unbranched alkanes of at least 4 members (excludes halogenated alkanes) is 16. The second kappa shape index (κ2) is 23.2. The lowest BCUT2D eigenvalue weighted by Crippen LogP contribution is -2.81. The maximum absolute atomic E-state index is 13.3. The highest BCUT2D eigenvalue weighted by Gasteiger charge is 2.67. The Hall–Kier alpha value is -1.18. The van der Waals surface area contributed by atoms with Gasteiger partial charge in [0, 0.05) is 6.42 Å². The van der Waals surface area contributed by atoms with E-state index in [9.17, 15) is 45.3 Å². The van der Waals surface area contributed by atoms with Crippen LogP contribution in [0.3, 0.4) is 0 Å². The molecular weight excluding hydrogens is 582 g/mol. The van der Waals surface area contributed by atoms with Crippen molar-refractivity contribution in [2.45, 2.75) is 197 Å². The van der Waals surface area contributed by atoms with Crippen LogP contribution in [0.15, 0.2) is 0 Å². The first-order chi connectivity index (χ1) is 21.5. The smallest absolute Gasteiger partial charge is 0.279 e. The van der Waals surface area contributed by atoms with Crippen molar-refractivity contribution < 1.29 is 50.1 Å². The minimum absolute atomic E-state index is 0.252. The highest BCUT2D eigenvalue weighted by atomic mass is 16.7. The molecule has 0 aliphatic carbocycles. The lowest BCUT2D eigenvalue weighted by Gasteiger charge is -2.51. The summed E-state index contributed by atoms with van der Waals surface area (Å²) in [6, 6.07) is 0. The van der Waals surface area contributed by atoms with Gasteiger partial charge < -0.3 is 45.8 Å². The molecule has 7 atom stereocenters. The molecule has 1 amide bonds. The second-order valence-electron chi connectivity index (χ2n) is 13.1. The zero-order valence-electron chi connectivity index (χ0n) is 28.0. The first-order valence-electron chi connectivity index (χ1n) is 17.8. The minimum atomic E-state index is -3.28. The molecule has 0 bridgehead atoms. The number of nitrogens with one attached hydrogen (secondary N) is 1. The van der Waals surface area contributed by atoms with Crippen molar-refractivity contribution in [3.8, 4) is 0 Å². The molecule has 1 aliphatic heterocycles. The molecule has 11 heteroatoms. The summed E-state index contributed by atoms with van der Waals surface area (Å²) in [5.41, 5.74) is -3.21. The third kappa shape index (κ3) is 14.6. The van der Waals surface area contributed by atoms with Crippen molar-refractivity contribution in [1.82, 2.24) is 5.32 Å². The Labute approximate surface area is 270 Å². The Morgan fingerprint density at radius 3 is 1.51 bits per heavy atom. The molecule has 0 unspecified atom stereocenters. The molecule has 1 aliphatic rings. The van der Waals surface area contributed by atoms with Gasteiger partial charge in [0.25, 0.3) is 5.79 Å². The molecule has 1 saturated heterocycles. The standard InChI is InChI=1S/C34H65NO10/c1-3-5-7-9-11-13-15-17-19-21-26(37)23-29(39)34(44)33(43,32(42)31(41)28(25-36)45-34)35-30(40)24-27(38)22-20-18-16-14-12-10-8-6-4-2/h26-28,31-32,36-38,41-44H,3-25H2,1-2H3,(H,35,40)/t26-,27-,28-,31-,32+,33-,34+/m1/s1. The van der Waals surface area contributed by atoms with E-state index in [1.54, 1.807) is 0 Å². The van der Waals surface area contributed by atoms with Crippen LogP contribution in [0.2, 0.25) is 0 Å². The van der Waals surface area contributed by atoms with Crippen LogP contribution in [0.1, 0.15) is 155 Å². The Balaban J connectivity index is 2.66. The summed E-state index contributed by atoms with van der Waals surface area (Å²) in [7, 11) is 0. The Kier molecular flexibility index (Phi) is 21.6. The van der Waals surface area contributed by atoms with Crippen molar-refractivity contribution in [2.24, 2.45) is 0 Å². The highest BCUT2D eigenvalue weighted by molar-refractivity contribution is 5.89. The van der Waals surface area contributed by atoms with Gasteiger partial charge in [-0.1, -0.05) is 129 Å². The van der Waals surface area contributed by atoms with Crippen LogP contribution in [0.5, 0.6) is 0 Å². The molecule has 0 spiro atoms. The number of carbonyl (C=O) groups excluding carboxylic acids is 2. The van der Waals surface area contributed by atoms with E-state index in [0.29, 0.717) is 19.3 Å². The monoisotopic (exact) mass is 647 g/mol. The first-order valence-corrected chi connectivity index (χ1v) is 17.8. The SMILES string of the molecule is CCCCCCCCCCC[C@@H](O)CC(=O)N[C@@]1(O)[C@@H](O)[C@H](O)[C@@H](CO)O[C@@]1(O)C(=O)C[C@H](O)CCCCCCCCCCC.